The first kappa shape index (κ1) is 13.5. The molecule has 0 aromatic heterocycles. The molecule has 5 heteroatoms. The summed E-state index contributed by atoms with van der Waals surface area (Å²) in [5.74, 6) is -1.40. The van der Waals surface area contributed by atoms with E-state index < -0.39 is 17.7 Å². The van der Waals surface area contributed by atoms with E-state index in [1.54, 1.807) is 24.3 Å². The van der Waals surface area contributed by atoms with E-state index >= 15 is 0 Å². The molecule has 2 aromatic rings. The maximum atomic E-state index is 13.8. The minimum absolute atomic E-state index is 0.189. The molecule has 18 heavy (non-hydrogen) atoms. The van der Waals surface area contributed by atoms with E-state index in [1.165, 1.54) is 12.1 Å². The minimum atomic E-state index is -0.938. The highest BCUT2D eigenvalue weighted by atomic mass is 79.9. The molecule has 0 aliphatic heterocycles. The summed E-state index contributed by atoms with van der Waals surface area (Å²) in [6, 6.07) is 8.14. The molecule has 2 rings (SSSR count). The zero-order valence-corrected chi connectivity index (χ0v) is 11.5. The number of rotatable bonds is 2. The molecule has 94 valence electrons. The highest BCUT2D eigenvalue weighted by Crippen LogP contribution is 2.31. The largest absolute Gasteiger partial charge is 0.320 e. The van der Waals surface area contributed by atoms with Crippen LogP contribution in [0.5, 0.6) is 0 Å². The van der Waals surface area contributed by atoms with Gasteiger partial charge in [0.1, 0.15) is 11.6 Å². The Morgan fingerprint density at radius 1 is 1.11 bits per heavy atom. The van der Waals surface area contributed by atoms with Crippen LogP contribution in [0.3, 0.4) is 0 Å². The van der Waals surface area contributed by atoms with Crippen molar-refractivity contribution in [1.29, 1.82) is 0 Å². The van der Waals surface area contributed by atoms with E-state index in [0.29, 0.717) is 15.1 Å². The summed E-state index contributed by atoms with van der Waals surface area (Å²) in [5, 5.41) is 0.381. The molecule has 0 aliphatic carbocycles. The van der Waals surface area contributed by atoms with E-state index in [1.807, 2.05) is 0 Å². The van der Waals surface area contributed by atoms with Crippen molar-refractivity contribution in [1.82, 2.24) is 0 Å². The molecule has 0 radical (unpaired) electrons. The molecule has 0 saturated heterocycles. The third kappa shape index (κ3) is 2.55. The van der Waals surface area contributed by atoms with Crippen LogP contribution < -0.4 is 5.73 Å². The molecule has 0 amide bonds. The van der Waals surface area contributed by atoms with Crippen LogP contribution in [-0.2, 0) is 0 Å². The van der Waals surface area contributed by atoms with Gasteiger partial charge in [0.05, 0.1) is 6.04 Å². The Labute approximate surface area is 117 Å². The fourth-order valence-corrected chi connectivity index (χ4v) is 2.39. The normalized spacial score (nSPS) is 12.5. The monoisotopic (exact) mass is 331 g/mol. The maximum absolute atomic E-state index is 13.8. The maximum Gasteiger partial charge on any atom is 0.132 e. The Balaban J connectivity index is 2.53. The summed E-state index contributed by atoms with van der Waals surface area (Å²) in [5.41, 5.74) is 6.19. The van der Waals surface area contributed by atoms with Gasteiger partial charge in [-0.25, -0.2) is 8.78 Å². The minimum Gasteiger partial charge on any atom is -0.320 e. The SMILES string of the molecule is NC(c1ccccc1Cl)c1c(F)cc(Br)cc1F. The van der Waals surface area contributed by atoms with Crippen molar-refractivity contribution in [3.05, 3.63) is 68.7 Å². The summed E-state index contributed by atoms with van der Waals surface area (Å²) in [6.45, 7) is 0. The number of halogens is 4. The molecule has 0 heterocycles. The molecule has 1 atom stereocenters. The molecule has 0 spiro atoms. The van der Waals surface area contributed by atoms with Crippen LogP contribution in [0.25, 0.3) is 0 Å². The smallest absolute Gasteiger partial charge is 0.132 e. The van der Waals surface area contributed by atoms with Gasteiger partial charge in [0, 0.05) is 15.1 Å². The molecule has 2 N–H and O–H groups in total. The number of hydrogen-bond donors (Lipinski definition) is 1. The van der Waals surface area contributed by atoms with Gasteiger partial charge in [-0.2, -0.15) is 0 Å². The van der Waals surface area contributed by atoms with Crippen molar-refractivity contribution in [3.63, 3.8) is 0 Å². The Bertz CT molecular complexity index is 566. The first-order chi connectivity index (χ1) is 8.50. The molecule has 0 saturated carbocycles. The van der Waals surface area contributed by atoms with Gasteiger partial charge in [0.15, 0.2) is 0 Å². The lowest BCUT2D eigenvalue weighted by Gasteiger charge is -2.16. The second kappa shape index (κ2) is 5.34. The second-order valence-electron chi connectivity index (χ2n) is 3.78. The fourth-order valence-electron chi connectivity index (χ4n) is 1.73. The summed E-state index contributed by atoms with van der Waals surface area (Å²) < 4.78 is 27.9. The number of nitrogens with two attached hydrogens (primary N) is 1. The van der Waals surface area contributed by atoms with Crippen LogP contribution in [0.15, 0.2) is 40.9 Å². The second-order valence-corrected chi connectivity index (χ2v) is 5.11. The van der Waals surface area contributed by atoms with E-state index in [4.69, 9.17) is 17.3 Å². The van der Waals surface area contributed by atoms with Gasteiger partial charge in [-0.1, -0.05) is 45.7 Å². The summed E-state index contributed by atoms with van der Waals surface area (Å²) >= 11 is 8.99. The molecule has 0 bridgehead atoms. The van der Waals surface area contributed by atoms with Gasteiger partial charge in [-0.15, -0.1) is 0 Å². The Hall–Kier alpha value is -0.970. The Kier molecular flexibility index (Phi) is 4.00. The molecule has 1 unspecified atom stereocenters. The van der Waals surface area contributed by atoms with Crippen LogP contribution >= 0.6 is 27.5 Å². The average molecular weight is 333 g/mol. The van der Waals surface area contributed by atoms with Crippen molar-refractivity contribution in [2.75, 3.05) is 0 Å². The van der Waals surface area contributed by atoms with Gasteiger partial charge in [0.25, 0.3) is 0 Å². The van der Waals surface area contributed by atoms with Gasteiger partial charge in [-0.05, 0) is 23.8 Å². The van der Waals surface area contributed by atoms with Crippen LogP contribution in [0.1, 0.15) is 17.2 Å². The van der Waals surface area contributed by atoms with Crippen LogP contribution in [-0.4, -0.2) is 0 Å². The van der Waals surface area contributed by atoms with Crippen LogP contribution in [0, 0.1) is 11.6 Å². The summed E-state index contributed by atoms with van der Waals surface area (Å²) in [6.07, 6.45) is 0. The Morgan fingerprint density at radius 3 is 2.22 bits per heavy atom. The highest BCUT2D eigenvalue weighted by molar-refractivity contribution is 9.10. The predicted octanol–water partition coefficient (Wildman–Crippen LogP) is 4.43. The van der Waals surface area contributed by atoms with Crippen molar-refractivity contribution in [2.45, 2.75) is 6.04 Å². The molecule has 0 fully saturated rings. The topological polar surface area (TPSA) is 26.0 Å². The lowest BCUT2D eigenvalue weighted by molar-refractivity contribution is 0.542. The van der Waals surface area contributed by atoms with Crippen LogP contribution in [0.4, 0.5) is 8.78 Å². The van der Waals surface area contributed by atoms with E-state index in [-0.39, 0.29) is 5.56 Å². The van der Waals surface area contributed by atoms with Crippen molar-refractivity contribution < 1.29 is 8.78 Å². The zero-order chi connectivity index (χ0) is 13.3. The summed E-state index contributed by atoms with van der Waals surface area (Å²) in [7, 11) is 0. The van der Waals surface area contributed by atoms with Crippen LogP contribution in [0.2, 0.25) is 5.02 Å². The highest BCUT2D eigenvalue weighted by Gasteiger charge is 2.20. The summed E-state index contributed by atoms with van der Waals surface area (Å²) in [4.78, 5) is 0. The first-order valence-electron chi connectivity index (χ1n) is 5.15. The lowest BCUT2D eigenvalue weighted by Crippen LogP contribution is -2.16. The Morgan fingerprint density at radius 2 is 1.67 bits per heavy atom. The van der Waals surface area contributed by atoms with Crippen molar-refractivity contribution in [2.24, 2.45) is 5.73 Å². The third-order valence-corrected chi connectivity index (χ3v) is 3.40. The van der Waals surface area contributed by atoms with Crippen molar-refractivity contribution >= 4 is 27.5 Å². The quantitative estimate of drug-likeness (QED) is 0.865. The van der Waals surface area contributed by atoms with E-state index in [0.717, 1.165) is 0 Å². The first-order valence-corrected chi connectivity index (χ1v) is 6.32. The number of benzene rings is 2. The predicted molar refractivity (Wildman–Crippen MR) is 71.5 cm³/mol. The van der Waals surface area contributed by atoms with Gasteiger partial charge in [-0.3, -0.25) is 0 Å². The van der Waals surface area contributed by atoms with Gasteiger partial charge >= 0.3 is 0 Å². The zero-order valence-electron chi connectivity index (χ0n) is 9.13. The fraction of sp³-hybridized carbons (Fsp3) is 0.0769. The third-order valence-electron chi connectivity index (χ3n) is 2.60. The van der Waals surface area contributed by atoms with Crippen molar-refractivity contribution in [3.8, 4) is 0 Å². The molecular formula is C13H9BrClF2N. The van der Waals surface area contributed by atoms with E-state index in [9.17, 15) is 8.78 Å². The number of hydrogen-bond acceptors (Lipinski definition) is 1. The standard InChI is InChI=1S/C13H9BrClF2N/c14-7-5-10(16)12(11(17)6-7)13(18)8-3-1-2-4-9(8)15/h1-6,13H,18H2. The van der Waals surface area contributed by atoms with Gasteiger partial charge < -0.3 is 5.73 Å². The average Bonchev–Trinajstić information content (AvgIpc) is 2.27. The van der Waals surface area contributed by atoms with Gasteiger partial charge in [0.2, 0.25) is 0 Å². The van der Waals surface area contributed by atoms with E-state index in [2.05, 4.69) is 15.9 Å². The molecule has 1 nitrogen and oxygen atoms in total. The molecule has 0 aliphatic rings. The molecular weight excluding hydrogens is 324 g/mol. The lowest BCUT2D eigenvalue weighted by atomic mass is 9.98. The molecule has 2 aromatic carbocycles.